The van der Waals surface area contributed by atoms with Crippen molar-refractivity contribution in [3.05, 3.63) is 111 Å². The fourth-order valence-electron chi connectivity index (χ4n) is 3.92. The van der Waals surface area contributed by atoms with Gasteiger partial charge in [-0.05, 0) is 54.1 Å². The Morgan fingerprint density at radius 3 is 2.32 bits per heavy atom. The van der Waals surface area contributed by atoms with E-state index in [9.17, 15) is 18.0 Å². The number of hydrogen-bond donors (Lipinski definition) is 2. The van der Waals surface area contributed by atoms with E-state index in [0.29, 0.717) is 21.4 Å². The van der Waals surface area contributed by atoms with Crippen molar-refractivity contribution in [2.24, 2.45) is 0 Å². The highest BCUT2D eigenvalue weighted by atomic mass is 35.5. The summed E-state index contributed by atoms with van der Waals surface area (Å²) in [6.07, 6.45) is 3.07. The van der Waals surface area contributed by atoms with Crippen LogP contribution in [-0.2, 0) is 11.2 Å². The zero-order valence-electron chi connectivity index (χ0n) is 19.8. The molecule has 0 bridgehead atoms. The van der Waals surface area contributed by atoms with E-state index in [4.69, 9.17) is 22.1 Å². The third kappa shape index (κ3) is 5.28. The Morgan fingerprint density at radius 1 is 1.11 bits per heavy atom. The lowest BCUT2D eigenvalue weighted by Gasteiger charge is -2.28. The lowest BCUT2D eigenvalue weighted by Crippen LogP contribution is -2.30. The van der Waals surface area contributed by atoms with Crippen LogP contribution in [0.2, 0.25) is 5.02 Å². The van der Waals surface area contributed by atoms with Gasteiger partial charge in [-0.15, -0.1) is 0 Å². The van der Waals surface area contributed by atoms with Gasteiger partial charge >= 0.3 is 5.97 Å². The summed E-state index contributed by atoms with van der Waals surface area (Å²) in [5, 5.41) is 15.6. The number of hydrogen-bond acceptors (Lipinski definition) is 3. The first kappa shape index (κ1) is 26.5. The van der Waals surface area contributed by atoms with Gasteiger partial charge in [0.25, 0.3) is 0 Å². The molecule has 4 aromatic rings. The van der Waals surface area contributed by atoms with E-state index >= 15 is 0 Å². The fraction of sp³-hybridized carbons (Fsp3) is 0.148. The molecule has 5 nitrogen and oxygen atoms in total. The number of benzene rings is 3. The van der Waals surface area contributed by atoms with Crippen molar-refractivity contribution in [3.63, 3.8) is 0 Å². The SMILES string of the molecule is CC(C)(c1ccc(C=[NH2+])c(Cl)c1)c1cnc(SCc2c(F)cc(C(=O)O)cc2F)n1-c1ccc(F)cc1. The van der Waals surface area contributed by atoms with Crippen LogP contribution >= 0.6 is 23.4 Å². The summed E-state index contributed by atoms with van der Waals surface area (Å²) in [4.78, 5) is 15.6. The van der Waals surface area contributed by atoms with Crippen molar-refractivity contribution < 1.29 is 28.5 Å². The van der Waals surface area contributed by atoms with Crippen molar-refractivity contribution in [2.75, 3.05) is 0 Å². The van der Waals surface area contributed by atoms with Crippen LogP contribution in [0.5, 0.6) is 0 Å². The molecule has 0 atom stereocenters. The van der Waals surface area contributed by atoms with Crippen molar-refractivity contribution in [1.29, 1.82) is 0 Å². The molecule has 3 N–H and O–H groups in total. The van der Waals surface area contributed by atoms with Crippen LogP contribution < -0.4 is 5.41 Å². The van der Waals surface area contributed by atoms with Gasteiger partial charge in [0.2, 0.25) is 0 Å². The molecule has 0 aliphatic heterocycles. The van der Waals surface area contributed by atoms with Gasteiger partial charge < -0.3 is 5.11 Å². The summed E-state index contributed by atoms with van der Waals surface area (Å²) < 4.78 is 44.6. The van der Waals surface area contributed by atoms with Crippen molar-refractivity contribution in [3.8, 4) is 5.69 Å². The van der Waals surface area contributed by atoms with Gasteiger partial charge in [0.15, 0.2) is 11.4 Å². The molecule has 0 aliphatic rings. The molecule has 0 saturated heterocycles. The predicted octanol–water partition coefficient (Wildman–Crippen LogP) is 5.44. The molecule has 0 spiro atoms. The summed E-state index contributed by atoms with van der Waals surface area (Å²) in [5.41, 5.74) is 1.49. The first-order valence-electron chi connectivity index (χ1n) is 11.1. The second kappa shape index (κ2) is 10.4. The number of carboxylic acids is 1. The van der Waals surface area contributed by atoms with Crippen LogP contribution in [0.3, 0.4) is 0 Å². The Hall–Kier alpha value is -3.56. The van der Waals surface area contributed by atoms with Gasteiger partial charge in [0.05, 0.1) is 28.0 Å². The number of carbonyl (C=O) groups is 1. The van der Waals surface area contributed by atoms with E-state index < -0.39 is 34.4 Å². The van der Waals surface area contributed by atoms with E-state index in [1.54, 1.807) is 29.0 Å². The van der Waals surface area contributed by atoms with Crippen LogP contribution in [0.25, 0.3) is 5.69 Å². The molecule has 1 aromatic heterocycles. The molecule has 0 saturated carbocycles. The minimum atomic E-state index is -1.42. The Morgan fingerprint density at radius 2 is 1.76 bits per heavy atom. The minimum Gasteiger partial charge on any atom is -0.478 e. The van der Waals surface area contributed by atoms with E-state index in [1.807, 2.05) is 26.0 Å². The molecule has 0 unspecified atom stereocenters. The second-order valence-electron chi connectivity index (χ2n) is 8.78. The summed E-state index contributed by atoms with van der Waals surface area (Å²) in [6.45, 7) is 3.94. The monoisotopic (exact) mass is 544 g/mol. The summed E-state index contributed by atoms with van der Waals surface area (Å²) in [6, 6.07) is 12.9. The number of nitrogens with two attached hydrogens (primary N) is 1. The number of nitrogens with zero attached hydrogens (tertiary/aromatic N) is 2. The smallest absolute Gasteiger partial charge is 0.335 e. The van der Waals surface area contributed by atoms with Gasteiger partial charge in [-0.25, -0.2) is 22.9 Å². The van der Waals surface area contributed by atoms with Crippen LogP contribution in [0.4, 0.5) is 13.2 Å². The molecule has 37 heavy (non-hydrogen) atoms. The van der Waals surface area contributed by atoms with E-state index in [0.717, 1.165) is 35.2 Å². The van der Waals surface area contributed by atoms with Crippen molar-refractivity contribution in [2.45, 2.75) is 30.2 Å². The number of aromatic nitrogens is 2. The number of imidazole rings is 1. The Bertz CT molecular complexity index is 1480. The van der Waals surface area contributed by atoms with E-state index in [-0.39, 0.29) is 11.3 Å². The molecule has 0 aliphatic carbocycles. The maximum absolute atomic E-state index is 14.5. The Kier molecular flexibility index (Phi) is 7.47. The van der Waals surface area contributed by atoms with E-state index in [2.05, 4.69) is 4.98 Å². The highest BCUT2D eigenvalue weighted by molar-refractivity contribution is 7.98. The number of thioether (sulfide) groups is 1. The molecule has 190 valence electrons. The molecular weight excluding hydrogens is 523 g/mol. The first-order chi connectivity index (χ1) is 17.5. The quantitative estimate of drug-likeness (QED) is 0.229. The highest BCUT2D eigenvalue weighted by Gasteiger charge is 2.30. The lowest BCUT2D eigenvalue weighted by atomic mass is 9.81. The molecule has 0 radical (unpaired) electrons. The lowest BCUT2D eigenvalue weighted by molar-refractivity contribution is -0.104. The van der Waals surface area contributed by atoms with Gasteiger partial charge in [0.1, 0.15) is 17.5 Å². The maximum atomic E-state index is 14.5. The number of aromatic carboxylic acids is 1. The molecule has 4 rings (SSSR count). The zero-order chi connectivity index (χ0) is 26.9. The third-order valence-electron chi connectivity index (χ3n) is 6.09. The van der Waals surface area contributed by atoms with Crippen LogP contribution in [0.15, 0.2) is 66.0 Å². The Labute approximate surface area is 220 Å². The summed E-state index contributed by atoms with van der Waals surface area (Å²) in [5.74, 6) is -3.91. The zero-order valence-corrected chi connectivity index (χ0v) is 21.4. The van der Waals surface area contributed by atoms with Crippen LogP contribution in [0, 0.1) is 17.5 Å². The normalized spacial score (nSPS) is 11.5. The largest absolute Gasteiger partial charge is 0.478 e. The highest BCUT2D eigenvalue weighted by Crippen LogP contribution is 2.38. The van der Waals surface area contributed by atoms with Gasteiger partial charge in [-0.3, -0.25) is 9.98 Å². The average Bonchev–Trinajstić information content (AvgIpc) is 3.28. The molecule has 0 amide bonds. The molecule has 3 aromatic carbocycles. The minimum absolute atomic E-state index is 0.150. The van der Waals surface area contributed by atoms with Crippen LogP contribution in [-0.4, -0.2) is 26.8 Å². The average molecular weight is 545 g/mol. The van der Waals surface area contributed by atoms with Crippen molar-refractivity contribution in [1.82, 2.24) is 9.55 Å². The summed E-state index contributed by atoms with van der Waals surface area (Å²) >= 11 is 7.46. The van der Waals surface area contributed by atoms with Crippen LogP contribution in [0.1, 0.15) is 46.6 Å². The number of halogens is 4. The summed E-state index contributed by atoms with van der Waals surface area (Å²) in [7, 11) is 0. The van der Waals surface area contributed by atoms with Gasteiger partial charge in [0, 0.05) is 22.4 Å². The molecular formula is C27H22ClF3N3O2S+. The first-order valence-corrected chi connectivity index (χ1v) is 12.4. The van der Waals surface area contributed by atoms with Crippen molar-refractivity contribution >= 4 is 35.5 Å². The molecule has 10 heteroatoms. The second-order valence-corrected chi connectivity index (χ2v) is 10.1. The predicted molar refractivity (Wildman–Crippen MR) is 137 cm³/mol. The maximum Gasteiger partial charge on any atom is 0.335 e. The van der Waals surface area contributed by atoms with E-state index in [1.165, 1.54) is 18.3 Å². The number of carboxylic acid groups (broad SMARTS) is 1. The fourth-order valence-corrected chi connectivity index (χ4v) is 5.17. The topological polar surface area (TPSA) is 80.7 Å². The third-order valence-corrected chi connectivity index (χ3v) is 7.40. The van der Waals surface area contributed by atoms with Gasteiger partial charge in [-0.1, -0.05) is 43.3 Å². The molecule has 0 fully saturated rings. The van der Waals surface area contributed by atoms with Gasteiger partial charge in [-0.2, -0.15) is 0 Å². The molecule has 1 heterocycles. The Balaban J connectivity index is 1.78. The number of rotatable bonds is 8. The standard InChI is InChI=1S/C27H21ClF3N3O2S/c1-27(2,17-4-3-15(12-32)21(28)11-17)24-13-33-26(34(24)19-7-5-18(29)6-8-19)37-14-20-22(30)9-16(25(35)36)10-23(20)31/h3-13,32H,14H2,1-2H3,(H,35,36)/p+1.